The summed E-state index contributed by atoms with van der Waals surface area (Å²) in [6, 6.07) is 4.30. The lowest BCUT2D eigenvalue weighted by Crippen LogP contribution is -2.07. The molecule has 0 aliphatic rings. The van der Waals surface area contributed by atoms with E-state index in [9.17, 15) is 9.18 Å². The summed E-state index contributed by atoms with van der Waals surface area (Å²) in [5.74, 6) is -1.47. The number of rotatable bonds is 6. The maximum atomic E-state index is 13.7. The molecule has 5 nitrogen and oxygen atoms in total. The van der Waals surface area contributed by atoms with Gasteiger partial charge in [0.25, 0.3) is 0 Å². The minimum absolute atomic E-state index is 0.137. The number of aliphatic carboxylic acids is 1. The van der Waals surface area contributed by atoms with Gasteiger partial charge in [0.2, 0.25) is 0 Å². The van der Waals surface area contributed by atoms with Crippen LogP contribution >= 0.6 is 0 Å². The van der Waals surface area contributed by atoms with Gasteiger partial charge < -0.3 is 14.4 Å². The predicted molar refractivity (Wildman–Crippen MR) is 70.8 cm³/mol. The molecule has 2 rings (SSSR count). The zero-order chi connectivity index (χ0) is 14.4. The Labute approximate surface area is 114 Å². The Morgan fingerprint density at radius 1 is 1.50 bits per heavy atom. The van der Waals surface area contributed by atoms with Gasteiger partial charge in [-0.05, 0) is 23.8 Å². The van der Waals surface area contributed by atoms with E-state index in [2.05, 4.69) is 4.98 Å². The highest BCUT2D eigenvalue weighted by Crippen LogP contribution is 2.19. The molecule has 0 radical (unpaired) electrons. The van der Waals surface area contributed by atoms with Crippen LogP contribution in [0.25, 0.3) is 6.08 Å². The first-order chi connectivity index (χ1) is 9.65. The van der Waals surface area contributed by atoms with Crippen molar-refractivity contribution in [1.82, 2.24) is 9.55 Å². The molecule has 0 saturated carbocycles. The number of halogens is 1. The van der Waals surface area contributed by atoms with Crippen molar-refractivity contribution >= 4 is 12.0 Å². The first kappa shape index (κ1) is 13.8. The van der Waals surface area contributed by atoms with Gasteiger partial charge in [0, 0.05) is 18.5 Å². The van der Waals surface area contributed by atoms with Gasteiger partial charge in [-0.15, -0.1) is 0 Å². The summed E-state index contributed by atoms with van der Waals surface area (Å²) in [6.07, 6.45) is 7.37. The number of benzene rings is 1. The van der Waals surface area contributed by atoms with Crippen LogP contribution in [0.15, 0.2) is 43.0 Å². The number of aromatic nitrogens is 2. The van der Waals surface area contributed by atoms with Gasteiger partial charge in [-0.3, -0.25) is 0 Å². The zero-order valence-corrected chi connectivity index (χ0v) is 10.6. The second-order valence-corrected chi connectivity index (χ2v) is 4.01. The second-order valence-electron chi connectivity index (χ2n) is 4.01. The lowest BCUT2D eigenvalue weighted by molar-refractivity contribution is -0.131. The molecule has 2 aromatic rings. The van der Waals surface area contributed by atoms with Gasteiger partial charge in [-0.25, -0.2) is 14.2 Å². The molecule has 1 heterocycles. The third-order valence-electron chi connectivity index (χ3n) is 2.54. The molecule has 1 aromatic carbocycles. The summed E-state index contributed by atoms with van der Waals surface area (Å²) in [4.78, 5) is 14.3. The highest BCUT2D eigenvalue weighted by atomic mass is 19.1. The molecule has 0 aliphatic carbocycles. The van der Waals surface area contributed by atoms with Crippen molar-refractivity contribution in [3.05, 3.63) is 54.4 Å². The molecular formula is C14H13FN2O3. The Morgan fingerprint density at radius 3 is 3.00 bits per heavy atom. The topological polar surface area (TPSA) is 64.3 Å². The minimum Gasteiger partial charge on any atom is -0.489 e. The van der Waals surface area contributed by atoms with Crippen molar-refractivity contribution in [2.75, 3.05) is 6.61 Å². The van der Waals surface area contributed by atoms with Gasteiger partial charge >= 0.3 is 5.97 Å². The molecule has 0 unspecified atom stereocenters. The Hall–Kier alpha value is -2.63. The molecule has 1 aromatic heterocycles. The average Bonchev–Trinajstić information content (AvgIpc) is 2.92. The van der Waals surface area contributed by atoms with E-state index in [0.29, 0.717) is 18.7 Å². The van der Waals surface area contributed by atoms with E-state index in [1.165, 1.54) is 18.2 Å². The summed E-state index contributed by atoms with van der Waals surface area (Å²) < 4.78 is 20.9. The smallest absolute Gasteiger partial charge is 0.328 e. The van der Waals surface area contributed by atoms with E-state index in [0.717, 1.165) is 6.08 Å². The third-order valence-corrected chi connectivity index (χ3v) is 2.54. The van der Waals surface area contributed by atoms with Crippen molar-refractivity contribution in [1.29, 1.82) is 0 Å². The second kappa shape index (κ2) is 6.51. The summed E-state index contributed by atoms with van der Waals surface area (Å²) in [7, 11) is 0. The molecule has 0 aliphatic heterocycles. The maximum Gasteiger partial charge on any atom is 0.328 e. The number of imidazole rings is 1. The number of carboxylic acids is 1. The normalized spacial score (nSPS) is 10.8. The highest BCUT2D eigenvalue weighted by molar-refractivity contribution is 5.85. The van der Waals surface area contributed by atoms with Gasteiger partial charge in [0.1, 0.15) is 6.61 Å². The van der Waals surface area contributed by atoms with Crippen LogP contribution in [-0.2, 0) is 11.3 Å². The third kappa shape index (κ3) is 3.94. The summed E-state index contributed by atoms with van der Waals surface area (Å²) >= 11 is 0. The summed E-state index contributed by atoms with van der Waals surface area (Å²) in [6.45, 7) is 0.887. The molecule has 0 saturated heterocycles. The minimum atomic E-state index is -1.08. The molecule has 0 bridgehead atoms. The van der Waals surface area contributed by atoms with Crippen molar-refractivity contribution in [3.8, 4) is 5.75 Å². The van der Waals surface area contributed by atoms with E-state index in [4.69, 9.17) is 9.84 Å². The first-order valence-electron chi connectivity index (χ1n) is 5.94. The van der Waals surface area contributed by atoms with Crippen LogP contribution in [0.1, 0.15) is 5.56 Å². The largest absolute Gasteiger partial charge is 0.489 e. The quantitative estimate of drug-likeness (QED) is 0.821. The van der Waals surface area contributed by atoms with Gasteiger partial charge in [-0.1, -0.05) is 6.07 Å². The zero-order valence-electron chi connectivity index (χ0n) is 10.6. The van der Waals surface area contributed by atoms with Crippen LogP contribution in [0.3, 0.4) is 0 Å². The van der Waals surface area contributed by atoms with Crippen LogP contribution in [0.4, 0.5) is 4.39 Å². The Bertz CT molecular complexity index is 609. The van der Waals surface area contributed by atoms with Gasteiger partial charge in [0.15, 0.2) is 11.6 Å². The van der Waals surface area contributed by atoms with Gasteiger partial charge in [0.05, 0.1) is 12.9 Å². The first-order valence-corrected chi connectivity index (χ1v) is 5.94. The SMILES string of the molecule is O=C(O)/C=C/c1ccc(OCCn2ccnc2)c(F)c1. The molecule has 0 fully saturated rings. The van der Waals surface area contributed by atoms with E-state index >= 15 is 0 Å². The van der Waals surface area contributed by atoms with Crippen molar-refractivity contribution in [2.45, 2.75) is 6.54 Å². The number of ether oxygens (including phenoxy) is 1. The van der Waals surface area contributed by atoms with Crippen molar-refractivity contribution in [3.63, 3.8) is 0 Å². The summed E-state index contributed by atoms with van der Waals surface area (Å²) in [5, 5.41) is 8.49. The number of carboxylic acid groups (broad SMARTS) is 1. The van der Waals surface area contributed by atoms with Crippen LogP contribution in [0.2, 0.25) is 0 Å². The molecular weight excluding hydrogens is 263 g/mol. The fourth-order valence-electron chi connectivity index (χ4n) is 1.59. The fraction of sp³-hybridized carbons (Fsp3) is 0.143. The van der Waals surface area contributed by atoms with E-state index in [1.54, 1.807) is 24.8 Å². The Morgan fingerprint density at radius 2 is 2.35 bits per heavy atom. The van der Waals surface area contributed by atoms with Crippen LogP contribution in [0.5, 0.6) is 5.75 Å². The molecule has 0 atom stereocenters. The van der Waals surface area contributed by atoms with Crippen LogP contribution in [0, 0.1) is 5.82 Å². The Balaban J connectivity index is 1.93. The maximum absolute atomic E-state index is 13.7. The van der Waals surface area contributed by atoms with Crippen molar-refractivity contribution < 1.29 is 19.0 Å². The number of carbonyl (C=O) groups is 1. The average molecular weight is 276 g/mol. The lowest BCUT2D eigenvalue weighted by Gasteiger charge is -2.08. The fourth-order valence-corrected chi connectivity index (χ4v) is 1.59. The van der Waals surface area contributed by atoms with Crippen LogP contribution < -0.4 is 4.74 Å². The number of hydrogen-bond donors (Lipinski definition) is 1. The van der Waals surface area contributed by atoms with Crippen LogP contribution in [-0.4, -0.2) is 27.2 Å². The highest BCUT2D eigenvalue weighted by Gasteiger charge is 2.04. The monoisotopic (exact) mass is 276 g/mol. The Kier molecular flexibility index (Phi) is 4.49. The molecule has 0 amide bonds. The van der Waals surface area contributed by atoms with Crippen molar-refractivity contribution in [2.24, 2.45) is 0 Å². The lowest BCUT2D eigenvalue weighted by atomic mass is 10.2. The summed E-state index contributed by atoms with van der Waals surface area (Å²) in [5.41, 5.74) is 0.465. The molecule has 1 N–H and O–H groups in total. The van der Waals surface area contributed by atoms with E-state index in [-0.39, 0.29) is 5.75 Å². The van der Waals surface area contributed by atoms with Gasteiger partial charge in [-0.2, -0.15) is 0 Å². The number of hydrogen-bond acceptors (Lipinski definition) is 3. The standard InChI is InChI=1S/C14H13FN2O3/c15-12-9-11(2-4-14(18)19)1-3-13(12)20-8-7-17-6-5-16-10-17/h1-6,9-10H,7-8H2,(H,18,19)/b4-2+. The molecule has 20 heavy (non-hydrogen) atoms. The molecule has 6 heteroatoms. The molecule has 104 valence electrons. The number of nitrogens with zero attached hydrogens (tertiary/aromatic N) is 2. The molecule has 0 spiro atoms. The predicted octanol–water partition coefficient (Wildman–Crippen LogP) is 2.20. The van der Waals surface area contributed by atoms with E-state index < -0.39 is 11.8 Å². The van der Waals surface area contributed by atoms with E-state index in [1.807, 2.05) is 4.57 Å².